The molecule has 0 aliphatic carbocycles. The highest BCUT2D eigenvalue weighted by molar-refractivity contribution is 5.29. The zero-order valence-electron chi connectivity index (χ0n) is 12.2. The lowest BCUT2D eigenvalue weighted by Gasteiger charge is -2.34. The third kappa shape index (κ3) is 3.03. The Labute approximate surface area is 118 Å². The highest BCUT2D eigenvalue weighted by Crippen LogP contribution is 2.17. The fourth-order valence-corrected chi connectivity index (χ4v) is 2.60. The molecule has 0 amide bonds. The summed E-state index contributed by atoms with van der Waals surface area (Å²) in [6.45, 7) is 7.38. The Morgan fingerprint density at radius 2 is 1.80 bits per heavy atom. The summed E-state index contributed by atoms with van der Waals surface area (Å²) in [5, 5.41) is 19.2. The number of piperazine rings is 1. The molecule has 6 nitrogen and oxygen atoms in total. The number of rotatable bonds is 4. The van der Waals surface area contributed by atoms with Crippen LogP contribution in [-0.2, 0) is 20.2 Å². The topological polar surface area (TPSA) is 68.9 Å². The molecule has 0 atom stereocenters. The summed E-state index contributed by atoms with van der Waals surface area (Å²) in [4.78, 5) is 16.3. The lowest BCUT2D eigenvalue weighted by atomic mass is 10.2. The molecule has 20 heavy (non-hydrogen) atoms. The van der Waals surface area contributed by atoms with Gasteiger partial charge in [0.2, 0.25) is 5.43 Å². The van der Waals surface area contributed by atoms with E-state index in [1.54, 1.807) is 11.6 Å². The molecule has 2 rings (SSSR count). The normalized spacial score (nSPS) is 17.6. The molecule has 2 heterocycles. The van der Waals surface area contributed by atoms with Crippen LogP contribution in [0.2, 0.25) is 0 Å². The van der Waals surface area contributed by atoms with E-state index in [2.05, 4.69) is 16.7 Å². The molecule has 1 saturated heterocycles. The third-order valence-corrected chi connectivity index (χ3v) is 4.09. The molecule has 1 aliphatic heterocycles. The largest absolute Gasteiger partial charge is 0.503 e. The summed E-state index contributed by atoms with van der Waals surface area (Å²) in [6, 6.07) is 1.29. The molecule has 1 aliphatic rings. The fourth-order valence-electron chi connectivity index (χ4n) is 2.60. The number of aliphatic hydroxyl groups is 1. The van der Waals surface area contributed by atoms with Crippen LogP contribution in [0.15, 0.2) is 10.9 Å². The lowest BCUT2D eigenvalue weighted by molar-refractivity contribution is 0.128. The molecule has 2 N–H and O–H groups in total. The Morgan fingerprint density at radius 1 is 1.20 bits per heavy atom. The van der Waals surface area contributed by atoms with Crippen molar-refractivity contribution in [3.8, 4) is 5.75 Å². The maximum atomic E-state index is 11.7. The van der Waals surface area contributed by atoms with Crippen molar-refractivity contribution in [2.45, 2.75) is 20.1 Å². The van der Waals surface area contributed by atoms with Gasteiger partial charge in [-0.3, -0.25) is 9.69 Å². The van der Waals surface area contributed by atoms with E-state index < -0.39 is 5.43 Å². The number of nitrogens with zero attached hydrogens (tertiary/aromatic N) is 3. The Bertz CT molecular complexity index is 519. The smallest absolute Gasteiger partial charge is 0.223 e. The summed E-state index contributed by atoms with van der Waals surface area (Å²) in [5.41, 5.74) is 0.677. The zero-order valence-corrected chi connectivity index (χ0v) is 12.2. The van der Waals surface area contributed by atoms with Crippen molar-refractivity contribution < 1.29 is 10.2 Å². The van der Waals surface area contributed by atoms with Gasteiger partial charge in [-0.2, -0.15) is 0 Å². The van der Waals surface area contributed by atoms with Crippen LogP contribution >= 0.6 is 0 Å². The SMILES string of the molecule is CCN1CCN(Cc2c(O)c(=O)cc(CO)n2C)CC1. The van der Waals surface area contributed by atoms with Gasteiger partial charge >= 0.3 is 0 Å². The highest BCUT2D eigenvalue weighted by atomic mass is 16.3. The number of pyridine rings is 1. The Kier molecular flexibility index (Phi) is 4.80. The molecule has 0 spiro atoms. The van der Waals surface area contributed by atoms with Crippen molar-refractivity contribution in [3.63, 3.8) is 0 Å². The average Bonchev–Trinajstić information content (AvgIpc) is 2.48. The van der Waals surface area contributed by atoms with E-state index in [0.717, 1.165) is 32.7 Å². The first-order valence-corrected chi connectivity index (χ1v) is 7.03. The number of aliphatic hydroxyl groups excluding tert-OH is 1. The van der Waals surface area contributed by atoms with Crippen molar-refractivity contribution in [1.29, 1.82) is 0 Å². The first-order valence-electron chi connectivity index (χ1n) is 7.03. The molecular formula is C14H23N3O3. The van der Waals surface area contributed by atoms with Gasteiger partial charge in [-0.15, -0.1) is 0 Å². The molecule has 0 radical (unpaired) electrons. The van der Waals surface area contributed by atoms with Gasteiger partial charge in [0.25, 0.3) is 0 Å². The van der Waals surface area contributed by atoms with E-state index in [1.165, 1.54) is 6.07 Å². The third-order valence-electron chi connectivity index (χ3n) is 4.09. The van der Waals surface area contributed by atoms with Crippen LogP contribution in [0.4, 0.5) is 0 Å². The summed E-state index contributed by atoms with van der Waals surface area (Å²) in [7, 11) is 1.77. The molecule has 1 fully saturated rings. The van der Waals surface area contributed by atoms with Crippen LogP contribution in [0.1, 0.15) is 18.3 Å². The molecular weight excluding hydrogens is 258 g/mol. The zero-order chi connectivity index (χ0) is 14.7. The first-order chi connectivity index (χ1) is 9.56. The second kappa shape index (κ2) is 6.39. The molecule has 1 aromatic heterocycles. The minimum Gasteiger partial charge on any atom is -0.503 e. The molecule has 112 valence electrons. The number of hydrogen-bond donors (Lipinski definition) is 2. The van der Waals surface area contributed by atoms with E-state index in [-0.39, 0.29) is 12.4 Å². The summed E-state index contributed by atoms with van der Waals surface area (Å²) in [5.74, 6) is -0.206. The van der Waals surface area contributed by atoms with Crippen molar-refractivity contribution in [1.82, 2.24) is 14.4 Å². The van der Waals surface area contributed by atoms with Crippen LogP contribution in [0.25, 0.3) is 0 Å². The van der Waals surface area contributed by atoms with Crippen LogP contribution in [0.3, 0.4) is 0 Å². The Hall–Kier alpha value is -1.37. The summed E-state index contributed by atoms with van der Waals surface area (Å²) in [6.07, 6.45) is 0. The van der Waals surface area contributed by atoms with Gasteiger partial charge in [0.15, 0.2) is 5.75 Å². The minimum atomic E-state index is -0.422. The maximum Gasteiger partial charge on any atom is 0.223 e. The van der Waals surface area contributed by atoms with E-state index in [9.17, 15) is 15.0 Å². The van der Waals surface area contributed by atoms with Gasteiger partial charge in [0, 0.05) is 51.5 Å². The van der Waals surface area contributed by atoms with Crippen molar-refractivity contribution in [2.24, 2.45) is 7.05 Å². The number of hydrogen-bond acceptors (Lipinski definition) is 5. The summed E-state index contributed by atoms with van der Waals surface area (Å²) >= 11 is 0. The predicted octanol–water partition coefficient (Wildman–Crippen LogP) is -0.279. The Morgan fingerprint density at radius 3 is 2.35 bits per heavy atom. The molecule has 0 saturated carbocycles. The van der Waals surface area contributed by atoms with Crippen LogP contribution in [0.5, 0.6) is 5.75 Å². The molecule has 1 aromatic rings. The number of aromatic hydroxyl groups is 1. The highest BCUT2D eigenvalue weighted by Gasteiger charge is 2.19. The predicted molar refractivity (Wildman–Crippen MR) is 76.7 cm³/mol. The van der Waals surface area contributed by atoms with Gasteiger partial charge in [0.1, 0.15) is 0 Å². The van der Waals surface area contributed by atoms with Crippen LogP contribution in [0, 0.1) is 0 Å². The van der Waals surface area contributed by atoms with Crippen LogP contribution < -0.4 is 5.43 Å². The fraction of sp³-hybridized carbons (Fsp3) is 0.643. The van der Waals surface area contributed by atoms with Gasteiger partial charge < -0.3 is 19.7 Å². The van der Waals surface area contributed by atoms with Gasteiger partial charge in [0.05, 0.1) is 12.3 Å². The van der Waals surface area contributed by atoms with Gasteiger partial charge in [-0.1, -0.05) is 6.92 Å². The van der Waals surface area contributed by atoms with Crippen molar-refractivity contribution in [2.75, 3.05) is 32.7 Å². The van der Waals surface area contributed by atoms with Gasteiger partial charge in [-0.05, 0) is 6.54 Å². The van der Waals surface area contributed by atoms with E-state index in [4.69, 9.17) is 0 Å². The standard InChI is InChI=1S/C14H23N3O3/c1-3-16-4-6-17(7-5-16)9-12-14(20)13(19)8-11(10-18)15(12)2/h8,18,20H,3-7,9-10H2,1-2H3. The Balaban J connectivity index is 2.17. The van der Waals surface area contributed by atoms with E-state index >= 15 is 0 Å². The second-order valence-electron chi connectivity index (χ2n) is 5.22. The van der Waals surface area contributed by atoms with Gasteiger partial charge in [-0.25, -0.2) is 0 Å². The molecule has 6 heteroatoms. The van der Waals surface area contributed by atoms with E-state index in [1.807, 2.05) is 0 Å². The first kappa shape index (κ1) is 15.0. The average molecular weight is 281 g/mol. The number of aromatic nitrogens is 1. The molecule has 0 aromatic carbocycles. The summed E-state index contributed by atoms with van der Waals surface area (Å²) < 4.78 is 1.71. The second-order valence-corrected chi connectivity index (χ2v) is 5.22. The number of likely N-dealkylation sites (N-methyl/N-ethyl adjacent to an activating group) is 1. The van der Waals surface area contributed by atoms with Crippen molar-refractivity contribution in [3.05, 3.63) is 27.7 Å². The monoisotopic (exact) mass is 281 g/mol. The minimum absolute atomic E-state index is 0.206. The lowest BCUT2D eigenvalue weighted by Crippen LogP contribution is -2.46. The van der Waals surface area contributed by atoms with Crippen LogP contribution in [-0.4, -0.2) is 57.3 Å². The molecule has 0 bridgehead atoms. The quantitative estimate of drug-likeness (QED) is 0.794. The molecule has 0 unspecified atom stereocenters. The maximum absolute atomic E-state index is 11.7. The van der Waals surface area contributed by atoms with Crippen molar-refractivity contribution >= 4 is 0 Å². The van der Waals surface area contributed by atoms with E-state index in [0.29, 0.717) is 17.9 Å².